The Balaban J connectivity index is 2.10. The van der Waals surface area contributed by atoms with E-state index in [9.17, 15) is 9.59 Å². The smallest absolute Gasteiger partial charge is 0.341 e. The quantitative estimate of drug-likeness (QED) is 0.843. The van der Waals surface area contributed by atoms with Gasteiger partial charge < -0.3 is 15.2 Å². The number of carbonyl (C=O) groups is 2. The molecule has 0 aliphatic heterocycles. The summed E-state index contributed by atoms with van der Waals surface area (Å²) in [6.07, 6.45) is 2.36. The van der Waals surface area contributed by atoms with Gasteiger partial charge in [0.25, 0.3) is 5.91 Å². The van der Waals surface area contributed by atoms with Crippen molar-refractivity contribution in [3.05, 3.63) is 28.8 Å². The molecule has 21 heavy (non-hydrogen) atoms. The van der Waals surface area contributed by atoms with Crippen LogP contribution in [0.5, 0.6) is 5.75 Å². The highest BCUT2D eigenvalue weighted by atomic mass is 16.5. The number of aryl methyl sites for hydroxylation is 2. The Morgan fingerprint density at radius 3 is 2.38 bits per heavy atom. The number of ether oxygens (including phenoxy) is 1. The van der Waals surface area contributed by atoms with Crippen LogP contribution in [-0.4, -0.2) is 29.6 Å². The van der Waals surface area contributed by atoms with Gasteiger partial charge in [-0.05, 0) is 62.8 Å². The molecule has 1 atom stereocenters. The van der Waals surface area contributed by atoms with Gasteiger partial charge >= 0.3 is 5.97 Å². The monoisotopic (exact) mass is 291 g/mol. The molecule has 0 aromatic heterocycles. The van der Waals surface area contributed by atoms with Crippen molar-refractivity contribution in [3.63, 3.8) is 0 Å². The van der Waals surface area contributed by atoms with Crippen LogP contribution < -0.4 is 10.1 Å². The predicted octanol–water partition coefficient (Wildman–Crippen LogP) is 2.30. The summed E-state index contributed by atoms with van der Waals surface area (Å²) < 4.78 is 5.26. The van der Waals surface area contributed by atoms with Crippen molar-refractivity contribution < 1.29 is 19.4 Å². The fourth-order valence-electron chi connectivity index (χ4n) is 2.45. The number of carbonyl (C=O) groups excluding carboxylic acids is 1. The van der Waals surface area contributed by atoms with Crippen LogP contribution in [-0.2, 0) is 4.79 Å². The Hall–Kier alpha value is -2.04. The molecule has 0 unspecified atom stereocenters. The number of hydrogen-bond donors (Lipinski definition) is 2. The molecule has 1 aliphatic rings. The van der Waals surface area contributed by atoms with E-state index in [2.05, 4.69) is 5.32 Å². The number of aliphatic carboxylic acids is 1. The largest absolute Gasteiger partial charge is 0.481 e. The van der Waals surface area contributed by atoms with Crippen molar-refractivity contribution in [1.82, 2.24) is 5.32 Å². The summed E-state index contributed by atoms with van der Waals surface area (Å²) in [6.45, 7) is 5.27. The van der Waals surface area contributed by atoms with E-state index in [-0.39, 0.29) is 18.6 Å². The molecule has 2 rings (SSSR count). The van der Waals surface area contributed by atoms with Gasteiger partial charge in [-0.3, -0.25) is 4.79 Å². The minimum absolute atomic E-state index is 0.0922. The molecule has 1 aromatic carbocycles. The Morgan fingerprint density at radius 1 is 1.33 bits per heavy atom. The molecule has 5 heteroatoms. The van der Waals surface area contributed by atoms with Crippen LogP contribution in [0.4, 0.5) is 0 Å². The third-order valence-electron chi connectivity index (χ3n) is 3.75. The summed E-state index contributed by atoms with van der Waals surface area (Å²) in [5.41, 5.74) is 2.11. The number of carboxylic acids is 1. The van der Waals surface area contributed by atoms with E-state index in [1.807, 2.05) is 20.8 Å². The highest BCUT2D eigenvalue weighted by molar-refractivity contribution is 5.95. The second-order valence-electron chi connectivity index (χ2n) is 5.72. The molecule has 5 nitrogen and oxygen atoms in total. The molecule has 0 saturated heterocycles. The van der Waals surface area contributed by atoms with E-state index in [0.29, 0.717) is 17.2 Å². The maximum atomic E-state index is 12.2. The zero-order valence-corrected chi connectivity index (χ0v) is 12.6. The number of nitrogens with one attached hydrogen (secondary N) is 1. The summed E-state index contributed by atoms with van der Waals surface area (Å²) in [6, 6.07) is 3.67. The zero-order valence-electron chi connectivity index (χ0n) is 12.6. The van der Waals surface area contributed by atoms with Crippen molar-refractivity contribution in [3.8, 4) is 5.75 Å². The maximum Gasteiger partial charge on any atom is 0.341 e. The Kier molecular flexibility index (Phi) is 4.50. The van der Waals surface area contributed by atoms with Crippen molar-refractivity contribution in [1.29, 1.82) is 0 Å². The van der Waals surface area contributed by atoms with E-state index in [4.69, 9.17) is 9.84 Å². The number of carboxylic acid groups (broad SMARTS) is 1. The van der Waals surface area contributed by atoms with Gasteiger partial charge in [0, 0.05) is 11.6 Å². The molecule has 1 fully saturated rings. The van der Waals surface area contributed by atoms with Gasteiger partial charge in [0.1, 0.15) is 5.75 Å². The first-order valence-corrected chi connectivity index (χ1v) is 7.15. The topological polar surface area (TPSA) is 75.6 Å². The van der Waals surface area contributed by atoms with E-state index in [1.165, 1.54) is 12.8 Å². The average molecular weight is 291 g/mol. The molecule has 0 bridgehead atoms. The number of hydrogen-bond acceptors (Lipinski definition) is 3. The lowest BCUT2D eigenvalue weighted by molar-refractivity contribution is -0.139. The minimum atomic E-state index is -1.02. The van der Waals surface area contributed by atoms with Crippen LogP contribution in [0.3, 0.4) is 0 Å². The summed E-state index contributed by atoms with van der Waals surface area (Å²) in [5, 5.41) is 11.7. The van der Waals surface area contributed by atoms with E-state index in [0.717, 1.165) is 11.1 Å². The third-order valence-corrected chi connectivity index (χ3v) is 3.75. The summed E-state index contributed by atoms with van der Waals surface area (Å²) in [7, 11) is 0. The fourth-order valence-corrected chi connectivity index (χ4v) is 2.45. The Bertz CT molecular complexity index is 540. The molecule has 0 heterocycles. The number of benzene rings is 1. The van der Waals surface area contributed by atoms with Crippen molar-refractivity contribution in [2.45, 2.75) is 39.7 Å². The molecule has 2 N–H and O–H groups in total. The molecule has 1 saturated carbocycles. The Labute approximate surface area is 124 Å². The van der Waals surface area contributed by atoms with Gasteiger partial charge in [-0.2, -0.15) is 0 Å². The summed E-state index contributed by atoms with van der Waals surface area (Å²) >= 11 is 0. The highest BCUT2D eigenvalue weighted by Gasteiger charge is 2.29. The van der Waals surface area contributed by atoms with Crippen molar-refractivity contribution in [2.24, 2.45) is 5.92 Å². The molecular formula is C16H21NO4. The van der Waals surface area contributed by atoms with Gasteiger partial charge in [-0.25, -0.2) is 4.79 Å². The number of rotatable bonds is 6. The molecular weight excluding hydrogens is 270 g/mol. The van der Waals surface area contributed by atoms with Crippen molar-refractivity contribution >= 4 is 11.9 Å². The average Bonchev–Trinajstić information content (AvgIpc) is 3.21. The van der Waals surface area contributed by atoms with E-state index >= 15 is 0 Å². The molecule has 1 amide bonds. The van der Waals surface area contributed by atoms with Gasteiger partial charge in [-0.1, -0.05) is 0 Å². The van der Waals surface area contributed by atoms with Gasteiger partial charge in [-0.15, -0.1) is 0 Å². The third kappa shape index (κ3) is 3.97. The van der Waals surface area contributed by atoms with Crippen LogP contribution in [0.1, 0.15) is 41.3 Å². The van der Waals surface area contributed by atoms with Gasteiger partial charge in [0.2, 0.25) is 0 Å². The summed E-state index contributed by atoms with van der Waals surface area (Å²) in [4.78, 5) is 22.8. The van der Waals surface area contributed by atoms with Crippen LogP contribution in [0.15, 0.2) is 12.1 Å². The lowest BCUT2D eigenvalue weighted by atomic mass is 10.0. The second-order valence-corrected chi connectivity index (χ2v) is 5.72. The molecule has 114 valence electrons. The number of amides is 1. The zero-order chi connectivity index (χ0) is 15.6. The van der Waals surface area contributed by atoms with E-state index in [1.54, 1.807) is 12.1 Å². The Morgan fingerprint density at radius 2 is 1.90 bits per heavy atom. The summed E-state index contributed by atoms with van der Waals surface area (Å²) in [5.74, 6) is 0.0257. The van der Waals surface area contributed by atoms with Crippen molar-refractivity contribution in [2.75, 3.05) is 6.61 Å². The molecule has 1 aromatic rings. The first kappa shape index (κ1) is 15.4. The first-order valence-electron chi connectivity index (χ1n) is 7.15. The lowest BCUT2D eigenvalue weighted by Crippen LogP contribution is -2.34. The minimum Gasteiger partial charge on any atom is -0.481 e. The van der Waals surface area contributed by atoms with Crippen LogP contribution >= 0.6 is 0 Å². The van der Waals surface area contributed by atoms with E-state index < -0.39 is 5.97 Å². The predicted molar refractivity (Wildman–Crippen MR) is 78.7 cm³/mol. The SMILES string of the molecule is Cc1cc(C(=O)N[C@@H](C)C2CC2)cc(C)c1OCC(=O)O. The van der Waals surface area contributed by atoms with Crippen LogP contribution in [0.2, 0.25) is 0 Å². The van der Waals surface area contributed by atoms with Crippen LogP contribution in [0.25, 0.3) is 0 Å². The van der Waals surface area contributed by atoms with Crippen LogP contribution in [0, 0.1) is 19.8 Å². The fraction of sp³-hybridized carbons (Fsp3) is 0.500. The second kappa shape index (κ2) is 6.16. The first-order chi connectivity index (χ1) is 9.88. The van der Waals surface area contributed by atoms with Gasteiger partial charge in [0.15, 0.2) is 6.61 Å². The van der Waals surface area contributed by atoms with Gasteiger partial charge in [0.05, 0.1) is 0 Å². The molecule has 1 aliphatic carbocycles. The maximum absolute atomic E-state index is 12.2. The highest BCUT2D eigenvalue weighted by Crippen LogP contribution is 2.32. The lowest BCUT2D eigenvalue weighted by Gasteiger charge is -2.15. The normalized spacial score (nSPS) is 15.4. The molecule has 0 radical (unpaired) electrons. The molecule has 0 spiro atoms. The standard InChI is InChI=1S/C16H21NO4/c1-9-6-13(16(20)17-11(3)12-4-5-12)7-10(2)15(9)21-8-14(18)19/h6-7,11-12H,4-5,8H2,1-3H3,(H,17,20)(H,18,19)/t11-/m0/s1.